The van der Waals surface area contributed by atoms with E-state index in [0.717, 1.165) is 62.6 Å². The van der Waals surface area contributed by atoms with Crippen molar-refractivity contribution in [3.05, 3.63) is 43.8 Å². The van der Waals surface area contributed by atoms with Crippen LogP contribution in [0.25, 0.3) is 0 Å². The highest BCUT2D eigenvalue weighted by atomic mass is 32.1. The smallest absolute Gasteiger partial charge is 0.267 e. The zero-order chi connectivity index (χ0) is 17.2. The van der Waals surface area contributed by atoms with Gasteiger partial charge >= 0.3 is 0 Å². The van der Waals surface area contributed by atoms with Crippen LogP contribution in [-0.2, 0) is 25.9 Å². The molecule has 0 radical (unpaired) electrons. The fraction of sp³-hybridized carbons (Fsp3) is 0.632. The van der Waals surface area contributed by atoms with Crippen molar-refractivity contribution in [3.63, 3.8) is 0 Å². The van der Waals surface area contributed by atoms with Gasteiger partial charge in [0.05, 0.1) is 10.7 Å². The second-order valence-electron chi connectivity index (χ2n) is 7.41. The van der Waals surface area contributed by atoms with Crippen LogP contribution in [0.1, 0.15) is 46.8 Å². The van der Waals surface area contributed by atoms with Crippen LogP contribution in [0.4, 0.5) is 0 Å². The van der Waals surface area contributed by atoms with Crippen LogP contribution in [-0.4, -0.2) is 32.8 Å². The summed E-state index contributed by atoms with van der Waals surface area (Å²) in [5, 5.41) is 5.82. The Kier molecular flexibility index (Phi) is 4.99. The number of rotatable bonds is 4. The van der Waals surface area contributed by atoms with Gasteiger partial charge < -0.3 is 0 Å². The van der Waals surface area contributed by atoms with Crippen molar-refractivity contribution < 1.29 is 0 Å². The highest BCUT2D eigenvalue weighted by Gasteiger charge is 2.22. The van der Waals surface area contributed by atoms with Crippen molar-refractivity contribution in [2.24, 2.45) is 5.92 Å². The first kappa shape index (κ1) is 16.9. The molecule has 2 aromatic rings. The topological polar surface area (TPSA) is 51.0 Å². The van der Waals surface area contributed by atoms with E-state index < -0.39 is 0 Å². The van der Waals surface area contributed by atoms with Gasteiger partial charge in [-0.05, 0) is 70.0 Å². The van der Waals surface area contributed by atoms with Gasteiger partial charge in [0.25, 0.3) is 5.56 Å². The summed E-state index contributed by atoms with van der Waals surface area (Å²) in [5.74, 6) is 0.561. The van der Waals surface area contributed by atoms with Crippen molar-refractivity contribution in [1.29, 1.82) is 0 Å². The quantitative estimate of drug-likeness (QED) is 0.843. The number of thiazole rings is 1. The molecule has 4 rings (SSSR count). The van der Waals surface area contributed by atoms with Gasteiger partial charge in [0.1, 0.15) is 0 Å². The third-order valence-electron chi connectivity index (χ3n) is 5.46. The molecule has 0 aromatic carbocycles. The van der Waals surface area contributed by atoms with Crippen LogP contribution in [0.3, 0.4) is 0 Å². The number of piperidine rings is 1. The van der Waals surface area contributed by atoms with Gasteiger partial charge in [-0.1, -0.05) is 0 Å². The Balaban J connectivity index is 1.35. The Morgan fingerprint density at radius 3 is 2.80 bits per heavy atom. The van der Waals surface area contributed by atoms with Gasteiger partial charge in [0.15, 0.2) is 0 Å². The number of hydrogen-bond acceptors (Lipinski definition) is 5. The lowest BCUT2D eigenvalue weighted by Crippen LogP contribution is -2.36. The van der Waals surface area contributed by atoms with Gasteiger partial charge in [-0.15, -0.1) is 11.3 Å². The van der Waals surface area contributed by atoms with Gasteiger partial charge in [0.2, 0.25) is 0 Å². The molecule has 3 heterocycles. The lowest BCUT2D eigenvalue weighted by Gasteiger charge is -2.31. The van der Waals surface area contributed by atoms with E-state index in [4.69, 9.17) is 0 Å². The summed E-state index contributed by atoms with van der Waals surface area (Å²) < 4.78 is 1.73. The number of nitrogens with zero attached hydrogens (tertiary/aromatic N) is 4. The first-order valence-corrected chi connectivity index (χ1v) is 10.2. The molecule has 2 aliphatic rings. The zero-order valence-corrected chi connectivity index (χ0v) is 15.7. The van der Waals surface area contributed by atoms with Crippen LogP contribution in [0.5, 0.6) is 0 Å². The lowest BCUT2D eigenvalue weighted by atomic mass is 9.96. The van der Waals surface area contributed by atoms with Crippen LogP contribution in [0.2, 0.25) is 0 Å². The van der Waals surface area contributed by atoms with Gasteiger partial charge in [0, 0.05) is 30.2 Å². The summed E-state index contributed by atoms with van der Waals surface area (Å²) in [5.41, 5.74) is 2.43. The Bertz CT molecular complexity index is 789. The number of likely N-dealkylation sites (tertiary alicyclic amines) is 1. The maximum Gasteiger partial charge on any atom is 0.267 e. The summed E-state index contributed by atoms with van der Waals surface area (Å²) >= 11 is 1.79. The highest BCUT2D eigenvalue weighted by molar-refractivity contribution is 7.11. The van der Waals surface area contributed by atoms with E-state index in [0.29, 0.717) is 5.92 Å². The monoisotopic (exact) mass is 358 g/mol. The molecule has 0 N–H and O–H groups in total. The molecule has 0 atom stereocenters. The van der Waals surface area contributed by atoms with E-state index >= 15 is 0 Å². The van der Waals surface area contributed by atoms with Crippen LogP contribution < -0.4 is 5.56 Å². The fourth-order valence-electron chi connectivity index (χ4n) is 4.00. The summed E-state index contributed by atoms with van der Waals surface area (Å²) in [4.78, 5) is 20.6. The maximum absolute atomic E-state index is 12.4. The first-order chi connectivity index (χ1) is 12.2. The standard InChI is InChI=1S/C19H26N4OS/c1-14-20-11-17(25-14)13-22-8-6-15(7-9-22)12-23-19(24)10-16-4-2-3-5-18(16)21-23/h10-11,15H,2-9,12-13H2,1H3. The Morgan fingerprint density at radius 2 is 2.04 bits per heavy atom. The molecule has 25 heavy (non-hydrogen) atoms. The third-order valence-corrected chi connectivity index (χ3v) is 6.36. The van der Waals surface area contributed by atoms with E-state index in [2.05, 4.69) is 21.9 Å². The van der Waals surface area contributed by atoms with Crippen LogP contribution >= 0.6 is 11.3 Å². The predicted molar refractivity (Wildman–Crippen MR) is 100.0 cm³/mol. The van der Waals surface area contributed by atoms with Gasteiger partial charge in [-0.25, -0.2) is 9.67 Å². The second kappa shape index (κ2) is 7.38. The molecule has 0 spiro atoms. The Morgan fingerprint density at radius 1 is 1.24 bits per heavy atom. The summed E-state index contributed by atoms with van der Waals surface area (Å²) in [6, 6.07) is 1.84. The Hall–Kier alpha value is -1.53. The largest absolute Gasteiger partial charge is 0.298 e. The summed E-state index contributed by atoms with van der Waals surface area (Å²) in [6.45, 7) is 6.04. The molecule has 134 valence electrons. The lowest BCUT2D eigenvalue weighted by molar-refractivity contribution is 0.164. The molecule has 1 saturated heterocycles. The molecule has 1 fully saturated rings. The number of aromatic nitrogens is 3. The molecular weight excluding hydrogens is 332 g/mol. The summed E-state index contributed by atoms with van der Waals surface area (Å²) in [6.07, 6.45) is 8.73. The van der Waals surface area contributed by atoms with Crippen molar-refractivity contribution in [2.45, 2.75) is 58.5 Å². The zero-order valence-electron chi connectivity index (χ0n) is 14.9. The van der Waals surface area contributed by atoms with Crippen LogP contribution in [0.15, 0.2) is 17.1 Å². The minimum absolute atomic E-state index is 0.0863. The van der Waals surface area contributed by atoms with Crippen LogP contribution in [0, 0.1) is 12.8 Å². The average Bonchev–Trinajstić information content (AvgIpc) is 3.02. The van der Waals surface area contributed by atoms with E-state index in [9.17, 15) is 4.79 Å². The maximum atomic E-state index is 12.4. The molecule has 1 aliphatic carbocycles. The number of hydrogen-bond donors (Lipinski definition) is 0. The van der Waals surface area contributed by atoms with E-state index in [1.165, 1.54) is 23.3 Å². The van der Waals surface area contributed by atoms with Gasteiger partial charge in [-0.2, -0.15) is 5.10 Å². The Labute approximate surface area is 152 Å². The predicted octanol–water partition coefficient (Wildman–Crippen LogP) is 2.80. The molecular formula is C19H26N4OS. The molecule has 0 saturated carbocycles. The minimum atomic E-state index is 0.0863. The van der Waals surface area contributed by atoms with E-state index in [1.807, 2.05) is 12.3 Å². The molecule has 6 heteroatoms. The molecule has 1 aliphatic heterocycles. The number of fused-ring (bicyclic) bond motifs is 1. The van der Waals surface area contributed by atoms with Gasteiger partial charge in [-0.3, -0.25) is 9.69 Å². The van der Waals surface area contributed by atoms with Crippen molar-refractivity contribution in [2.75, 3.05) is 13.1 Å². The molecule has 2 aromatic heterocycles. The SMILES string of the molecule is Cc1ncc(CN2CCC(Cn3nc4c(cc3=O)CCCC4)CC2)s1. The molecule has 0 unspecified atom stereocenters. The third kappa shape index (κ3) is 4.01. The van der Waals surface area contributed by atoms with E-state index in [1.54, 1.807) is 16.0 Å². The molecule has 0 bridgehead atoms. The minimum Gasteiger partial charge on any atom is -0.298 e. The second-order valence-corrected chi connectivity index (χ2v) is 8.73. The normalized spacial score (nSPS) is 19.1. The van der Waals surface area contributed by atoms with E-state index in [-0.39, 0.29) is 5.56 Å². The average molecular weight is 359 g/mol. The highest BCUT2D eigenvalue weighted by Crippen LogP contribution is 2.22. The van der Waals surface area contributed by atoms with Crippen molar-refractivity contribution >= 4 is 11.3 Å². The van der Waals surface area contributed by atoms with Crippen molar-refractivity contribution in [3.8, 4) is 0 Å². The first-order valence-electron chi connectivity index (χ1n) is 9.41. The molecule has 5 nitrogen and oxygen atoms in total. The number of aryl methyl sites for hydroxylation is 3. The summed E-state index contributed by atoms with van der Waals surface area (Å²) in [7, 11) is 0. The molecule has 0 amide bonds. The fourth-order valence-corrected chi connectivity index (χ4v) is 4.84. The van der Waals surface area contributed by atoms with Crippen molar-refractivity contribution in [1.82, 2.24) is 19.7 Å².